The van der Waals surface area contributed by atoms with E-state index in [1.54, 1.807) is 6.08 Å². The van der Waals surface area contributed by atoms with Crippen LogP contribution in [0.5, 0.6) is 0 Å². The van der Waals surface area contributed by atoms with Crippen LogP contribution in [-0.4, -0.2) is 5.91 Å². The van der Waals surface area contributed by atoms with E-state index in [0.717, 1.165) is 11.3 Å². The Morgan fingerprint density at radius 1 is 1.17 bits per heavy atom. The molecule has 1 aromatic heterocycles. The van der Waals surface area contributed by atoms with Gasteiger partial charge in [0.25, 0.3) is 0 Å². The molecule has 0 radical (unpaired) electrons. The Bertz CT molecular complexity index is 543. The third-order valence-electron chi connectivity index (χ3n) is 2.51. The van der Waals surface area contributed by atoms with Gasteiger partial charge in [0.05, 0.1) is 0 Å². The van der Waals surface area contributed by atoms with Crippen LogP contribution < -0.4 is 5.32 Å². The van der Waals surface area contributed by atoms with Gasteiger partial charge in [-0.05, 0) is 41.6 Å². The van der Waals surface area contributed by atoms with Crippen molar-refractivity contribution in [3.8, 4) is 0 Å². The van der Waals surface area contributed by atoms with Gasteiger partial charge in [-0.15, -0.1) is 11.3 Å². The summed E-state index contributed by atoms with van der Waals surface area (Å²) in [6.07, 6.45) is 4.51. The topological polar surface area (TPSA) is 29.1 Å². The molecule has 0 aliphatic carbocycles. The summed E-state index contributed by atoms with van der Waals surface area (Å²) in [4.78, 5) is 12.4. The molecular formula is C15H15NOS. The maximum absolute atomic E-state index is 10.9. The average Bonchev–Trinajstić information content (AvgIpc) is 2.87. The zero-order valence-corrected chi connectivity index (χ0v) is 11.0. The predicted molar refractivity (Wildman–Crippen MR) is 77.8 cm³/mol. The number of hydrogen-bond acceptors (Lipinski definition) is 2. The molecule has 1 N–H and O–H groups in total. The highest BCUT2D eigenvalue weighted by Gasteiger charge is 2.01. The van der Waals surface area contributed by atoms with E-state index in [0.29, 0.717) is 0 Å². The maximum Gasteiger partial charge on any atom is 0.248 e. The number of anilines is 1. The lowest BCUT2D eigenvalue weighted by Gasteiger charge is -1.98. The molecule has 1 amide bonds. The van der Waals surface area contributed by atoms with Crippen molar-refractivity contribution in [1.82, 2.24) is 0 Å². The van der Waals surface area contributed by atoms with Gasteiger partial charge in [-0.25, -0.2) is 0 Å². The highest BCUT2D eigenvalue weighted by atomic mass is 32.1. The Morgan fingerprint density at radius 3 is 2.72 bits per heavy atom. The van der Waals surface area contributed by atoms with Crippen molar-refractivity contribution in [3.05, 3.63) is 58.3 Å². The molecular weight excluding hydrogens is 242 g/mol. The van der Waals surface area contributed by atoms with Crippen LogP contribution >= 0.6 is 11.3 Å². The standard InChI is InChI=1S/C9H7NO.C6H8S/c11-9-5-4-7-2-1-3-8(6-7)10-9;1-2-6-4-3-5-7-6/h1-6H,(H,10,11);3-5H,2H2,1H3. The molecule has 1 aliphatic heterocycles. The van der Waals surface area contributed by atoms with Crippen LogP contribution in [0.3, 0.4) is 0 Å². The summed E-state index contributed by atoms with van der Waals surface area (Å²) in [5, 5.41) is 4.83. The Morgan fingerprint density at radius 2 is 2.06 bits per heavy atom. The molecule has 0 atom stereocenters. The van der Waals surface area contributed by atoms with Gasteiger partial charge in [0.1, 0.15) is 0 Å². The average molecular weight is 257 g/mol. The summed E-state index contributed by atoms with van der Waals surface area (Å²) in [5.41, 5.74) is 1.92. The summed E-state index contributed by atoms with van der Waals surface area (Å²) < 4.78 is 0. The summed E-state index contributed by atoms with van der Waals surface area (Å²) in [6, 6.07) is 11.9. The zero-order chi connectivity index (χ0) is 12.8. The van der Waals surface area contributed by atoms with E-state index in [2.05, 4.69) is 29.8 Å². The Labute approximate surface area is 111 Å². The first kappa shape index (κ1) is 12.6. The predicted octanol–water partition coefficient (Wildman–Crippen LogP) is 3.96. The molecule has 1 aromatic carbocycles. The molecule has 0 spiro atoms. The number of fused-ring (bicyclic) bond motifs is 2. The second kappa shape index (κ2) is 6.17. The minimum Gasteiger partial charge on any atom is -0.322 e. The Hall–Kier alpha value is -1.87. The number of carbonyl (C=O) groups excluding carboxylic acids is 1. The third-order valence-corrected chi connectivity index (χ3v) is 3.53. The van der Waals surface area contributed by atoms with Crippen LogP contribution in [0.25, 0.3) is 6.08 Å². The maximum atomic E-state index is 10.9. The Kier molecular flexibility index (Phi) is 4.31. The van der Waals surface area contributed by atoms with E-state index >= 15 is 0 Å². The fourth-order valence-corrected chi connectivity index (χ4v) is 2.25. The molecule has 0 fully saturated rings. The van der Waals surface area contributed by atoms with E-state index in [-0.39, 0.29) is 5.91 Å². The fraction of sp³-hybridized carbons (Fsp3) is 0.133. The largest absolute Gasteiger partial charge is 0.322 e. The summed E-state index contributed by atoms with van der Waals surface area (Å²) >= 11 is 1.82. The molecule has 3 heteroatoms. The van der Waals surface area contributed by atoms with E-state index in [4.69, 9.17) is 0 Å². The summed E-state index contributed by atoms with van der Waals surface area (Å²) in [6.45, 7) is 2.17. The van der Waals surface area contributed by atoms with Crippen molar-refractivity contribution in [2.45, 2.75) is 13.3 Å². The molecule has 0 saturated carbocycles. The van der Waals surface area contributed by atoms with Crippen molar-refractivity contribution < 1.29 is 4.79 Å². The van der Waals surface area contributed by atoms with Crippen molar-refractivity contribution in [2.24, 2.45) is 0 Å². The molecule has 92 valence electrons. The summed E-state index contributed by atoms with van der Waals surface area (Å²) in [7, 11) is 0. The van der Waals surface area contributed by atoms with Gasteiger partial charge in [0.2, 0.25) is 5.91 Å². The first-order valence-electron chi connectivity index (χ1n) is 5.89. The molecule has 2 bridgehead atoms. The number of benzene rings is 1. The van der Waals surface area contributed by atoms with Gasteiger partial charge in [0, 0.05) is 16.6 Å². The highest BCUT2D eigenvalue weighted by molar-refractivity contribution is 7.09. The summed E-state index contributed by atoms with van der Waals surface area (Å²) in [5.74, 6) is -0.0637. The van der Waals surface area contributed by atoms with Gasteiger partial charge in [0.15, 0.2) is 0 Å². The first-order chi connectivity index (χ1) is 8.78. The molecule has 3 rings (SSSR count). The second-order valence-electron chi connectivity index (χ2n) is 3.88. The van der Waals surface area contributed by atoms with E-state index in [9.17, 15) is 4.79 Å². The number of hydrogen-bond donors (Lipinski definition) is 1. The monoisotopic (exact) mass is 257 g/mol. The number of aryl methyl sites for hydroxylation is 1. The quantitative estimate of drug-likeness (QED) is 0.823. The van der Waals surface area contributed by atoms with Gasteiger partial charge in [-0.2, -0.15) is 0 Å². The number of thiophene rings is 1. The molecule has 1 aliphatic rings. The van der Waals surface area contributed by atoms with Gasteiger partial charge < -0.3 is 5.32 Å². The highest BCUT2D eigenvalue weighted by Crippen LogP contribution is 2.14. The number of carbonyl (C=O) groups is 1. The number of rotatable bonds is 1. The van der Waals surface area contributed by atoms with Crippen molar-refractivity contribution >= 4 is 29.0 Å². The lowest BCUT2D eigenvalue weighted by molar-refractivity contribution is -0.111. The normalized spacial score (nSPS) is 12.2. The van der Waals surface area contributed by atoms with Crippen LogP contribution in [0, 0.1) is 0 Å². The minimum absolute atomic E-state index is 0.0637. The fourth-order valence-electron chi connectivity index (χ4n) is 1.59. The van der Waals surface area contributed by atoms with Gasteiger partial charge >= 0.3 is 0 Å². The molecule has 2 nitrogen and oxygen atoms in total. The van der Waals surface area contributed by atoms with Gasteiger partial charge in [-0.3, -0.25) is 4.79 Å². The van der Waals surface area contributed by atoms with Crippen LogP contribution in [0.4, 0.5) is 5.69 Å². The van der Waals surface area contributed by atoms with Crippen LogP contribution in [0.1, 0.15) is 17.4 Å². The third kappa shape index (κ3) is 3.57. The van der Waals surface area contributed by atoms with Crippen molar-refractivity contribution in [1.29, 1.82) is 0 Å². The lowest BCUT2D eigenvalue weighted by Crippen LogP contribution is -2.05. The molecule has 2 heterocycles. The smallest absolute Gasteiger partial charge is 0.248 e. The minimum atomic E-state index is -0.0637. The van der Waals surface area contributed by atoms with Crippen LogP contribution in [-0.2, 0) is 11.2 Å². The van der Waals surface area contributed by atoms with Crippen molar-refractivity contribution in [2.75, 3.05) is 5.32 Å². The van der Waals surface area contributed by atoms with Crippen molar-refractivity contribution in [3.63, 3.8) is 0 Å². The van der Waals surface area contributed by atoms with Crippen LogP contribution in [0.2, 0.25) is 0 Å². The van der Waals surface area contributed by atoms with Gasteiger partial charge in [-0.1, -0.05) is 25.1 Å². The zero-order valence-electron chi connectivity index (χ0n) is 10.2. The number of amides is 1. The first-order valence-corrected chi connectivity index (χ1v) is 6.77. The Balaban J connectivity index is 0.000000149. The van der Waals surface area contributed by atoms with E-state index in [1.165, 1.54) is 17.4 Å². The van der Waals surface area contributed by atoms with Crippen LogP contribution in [0.15, 0.2) is 47.9 Å². The molecule has 2 aromatic rings. The van der Waals surface area contributed by atoms with E-state index in [1.807, 2.05) is 35.6 Å². The van der Waals surface area contributed by atoms with E-state index < -0.39 is 0 Å². The molecule has 0 unspecified atom stereocenters. The molecule has 18 heavy (non-hydrogen) atoms. The SMILES string of the molecule is CCc1cccs1.O=C1C=Cc2cccc(c2)N1. The lowest BCUT2D eigenvalue weighted by atomic mass is 10.2. The second-order valence-corrected chi connectivity index (χ2v) is 4.91. The molecule has 0 saturated heterocycles. The number of nitrogens with one attached hydrogen (secondary N) is 1.